The standard InChI is InChI=1S/C20H32N2/c1-20(2,3)22-13-7-10-19(22)18-9-6-5-8-17(18)16-11-14-21(4)15-12-16/h5-6,8-9,16,19H,7,10-15H2,1-4H3/t19-/m1/s1. The van der Waals surface area contributed by atoms with Crippen LogP contribution in [0.25, 0.3) is 0 Å². The van der Waals surface area contributed by atoms with E-state index >= 15 is 0 Å². The average Bonchev–Trinajstić information content (AvgIpc) is 2.97. The molecule has 2 aliphatic heterocycles. The quantitative estimate of drug-likeness (QED) is 0.797. The number of hydrogen-bond donors (Lipinski definition) is 0. The highest BCUT2D eigenvalue weighted by Gasteiger charge is 2.35. The van der Waals surface area contributed by atoms with Crippen LogP contribution in [0.5, 0.6) is 0 Å². The first kappa shape index (κ1) is 16.0. The van der Waals surface area contributed by atoms with Crippen molar-refractivity contribution in [2.75, 3.05) is 26.7 Å². The van der Waals surface area contributed by atoms with E-state index in [0.29, 0.717) is 6.04 Å². The minimum atomic E-state index is 0.265. The minimum Gasteiger partial charge on any atom is -0.306 e. The first-order chi connectivity index (χ1) is 10.5. The van der Waals surface area contributed by atoms with Crippen molar-refractivity contribution in [1.82, 2.24) is 9.80 Å². The molecule has 1 atom stereocenters. The average molecular weight is 300 g/mol. The van der Waals surface area contributed by atoms with Crippen molar-refractivity contribution in [1.29, 1.82) is 0 Å². The Balaban J connectivity index is 1.88. The van der Waals surface area contributed by atoms with Crippen LogP contribution in [0.2, 0.25) is 0 Å². The van der Waals surface area contributed by atoms with E-state index in [1.165, 1.54) is 45.3 Å². The van der Waals surface area contributed by atoms with Crippen molar-refractivity contribution in [2.24, 2.45) is 0 Å². The van der Waals surface area contributed by atoms with E-state index < -0.39 is 0 Å². The Hall–Kier alpha value is -0.860. The van der Waals surface area contributed by atoms with Gasteiger partial charge in [0.1, 0.15) is 0 Å². The molecule has 0 radical (unpaired) electrons. The van der Waals surface area contributed by atoms with Crippen LogP contribution in [0, 0.1) is 0 Å². The van der Waals surface area contributed by atoms with Gasteiger partial charge in [0, 0.05) is 11.6 Å². The topological polar surface area (TPSA) is 6.48 Å². The second kappa shape index (κ2) is 6.33. The molecule has 3 rings (SSSR count). The molecule has 1 aromatic rings. The van der Waals surface area contributed by atoms with Crippen LogP contribution in [0.4, 0.5) is 0 Å². The highest BCUT2D eigenvalue weighted by atomic mass is 15.2. The maximum atomic E-state index is 2.72. The van der Waals surface area contributed by atoms with Gasteiger partial charge in [-0.2, -0.15) is 0 Å². The van der Waals surface area contributed by atoms with Gasteiger partial charge in [0.15, 0.2) is 0 Å². The fourth-order valence-electron chi connectivity index (χ4n) is 4.40. The Morgan fingerprint density at radius 2 is 1.55 bits per heavy atom. The number of rotatable bonds is 2. The highest BCUT2D eigenvalue weighted by molar-refractivity contribution is 5.34. The fraction of sp³-hybridized carbons (Fsp3) is 0.700. The van der Waals surface area contributed by atoms with Gasteiger partial charge in [-0.1, -0.05) is 24.3 Å². The summed E-state index contributed by atoms with van der Waals surface area (Å²) in [4.78, 5) is 5.19. The molecule has 2 heteroatoms. The third-order valence-corrected chi connectivity index (χ3v) is 5.63. The Morgan fingerprint density at radius 1 is 0.909 bits per heavy atom. The van der Waals surface area contributed by atoms with Crippen LogP contribution in [-0.4, -0.2) is 42.0 Å². The van der Waals surface area contributed by atoms with E-state index in [9.17, 15) is 0 Å². The first-order valence-corrected chi connectivity index (χ1v) is 9.01. The molecule has 2 saturated heterocycles. The molecular formula is C20H32N2. The molecule has 2 heterocycles. The number of piperidine rings is 1. The Morgan fingerprint density at radius 3 is 2.18 bits per heavy atom. The van der Waals surface area contributed by atoms with Crippen LogP contribution >= 0.6 is 0 Å². The zero-order valence-electron chi connectivity index (χ0n) is 14.8. The van der Waals surface area contributed by atoms with Gasteiger partial charge >= 0.3 is 0 Å². The molecule has 0 saturated carbocycles. The molecule has 0 N–H and O–H groups in total. The number of benzene rings is 1. The van der Waals surface area contributed by atoms with Gasteiger partial charge in [-0.15, -0.1) is 0 Å². The van der Waals surface area contributed by atoms with Crippen LogP contribution in [0.15, 0.2) is 24.3 Å². The SMILES string of the molecule is CN1CCC(c2ccccc2[C@H]2CCCN2C(C)(C)C)CC1. The minimum absolute atomic E-state index is 0.265. The van der Waals surface area contributed by atoms with Crippen LogP contribution in [-0.2, 0) is 0 Å². The van der Waals surface area contributed by atoms with Gasteiger partial charge in [0.25, 0.3) is 0 Å². The van der Waals surface area contributed by atoms with Crippen molar-refractivity contribution in [2.45, 2.75) is 64.0 Å². The largest absolute Gasteiger partial charge is 0.306 e. The second-order valence-corrected chi connectivity index (χ2v) is 8.23. The van der Waals surface area contributed by atoms with Gasteiger partial charge in [-0.05, 0) is 90.2 Å². The maximum Gasteiger partial charge on any atom is 0.0356 e. The van der Waals surface area contributed by atoms with E-state index in [1.807, 2.05) is 0 Å². The summed E-state index contributed by atoms with van der Waals surface area (Å²) in [5.74, 6) is 0.759. The molecule has 2 nitrogen and oxygen atoms in total. The van der Waals surface area contributed by atoms with E-state index in [4.69, 9.17) is 0 Å². The Bertz CT molecular complexity index is 495. The van der Waals surface area contributed by atoms with Crippen molar-refractivity contribution in [3.63, 3.8) is 0 Å². The van der Waals surface area contributed by atoms with E-state index in [0.717, 1.165) is 5.92 Å². The molecule has 0 bridgehead atoms. The smallest absolute Gasteiger partial charge is 0.0356 e. The fourth-order valence-corrected chi connectivity index (χ4v) is 4.40. The molecule has 122 valence electrons. The summed E-state index contributed by atoms with van der Waals surface area (Å²) < 4.78 is 0. The number of nitrogens with zero attached hydrogens (tertiary/aromatic N) is 2. The van der Waals surface area contributed by atoms with Crippen LogP contribution in [0.3, 0.4) is 0 Å². The summed E-state index contributed by atoms with van der Waals surface area (Å²) in [5.41, 5.74) is 3.52. The lowest BCUT2D eigenvalue weighted by Gasteiger charge is -2.39. The molecule has 2 fully saturated rings. The summed E-state index contributed by atoms with van der Waals surface area (Å²) in [6.45, 7) is 10.8. The van der Waals surface area contributed by atoms with E-state index in [2.05, 4.69) is 61.9 Å². The maximum absolute atomic E-state index is 2.72. The Labute approximate surface area is 136 Å². The Kier molecular flexibility index (Phi) is 4.61. The molecular weight excluding hydrogens is 268 g/mol. The third kappa shape index (κ3) is 3.23. The molecule has 22 heavy (non-hydrogen) atoms. The summed E-state index contributed by atoms with van der Waals surface area (Å²) in [6.07, 6.45) is 5.29. The summed E-state index contributed by atoms with van der Waals surface area (Å²) in [6, 6.07) is 9.92. The lowest BCUT2D eigenvalue weighted by Crippen LogP contribution is -2.41. The highest BCUT2D eigenvalue weighted by Crippen LogP contribution is 2.41. The number of hydrogen-bond acceptors (Lipinski definition) is 2. The summed E-state index contributed by atoms with van der Waals surface area (Å²) in [5, 5.41) is 0. The molecule has 0 aliphatic carbocycles. The zero-order valence-corrected chi connectivity index (χ0v) is 14.8. The molecule has 0 aromatic heterocycles. The zero-order chi connectivity index (χ0) is 15.7. The molecule has 0 unspecified atom stereocenters. The van der Waals surface area contributed by atoms with Crippen molar-refractivity contribution >= 4 is 0 Å². The van der Waals surface area contributed by atoms with E-state index in [-0.39, 0.29) is 5.54 Å². The summed E-state index contributed by atoms with van der Waals surface area (Å²) >= 11 is 0. The monoisotopic (exact) mass is 300 g/mol. The van der Waals surface area contributed by atoms with Gasteiger partial charge in [-0.25, -0.2) is 0 Å². The van der Waals surface area contributed by atoms with E-state index in [1.54, 1.807) is 11.1 Å². The predicted molar refractivity (Wildman–Crippen MR) is 94.3 cm³/mol. The third-order valence-electron chi connectivity index (χ3n) is 5.63. The van der Waals surface area contributed by atoms with Gasteiger partial charge in [-0.3, -0.25) is 4.90 Å². The second-order valence-electron chi connectivity index (χ2n) is 8.23. The lowest BCUT2D eigenvalue weighted by atomic mass is 9.83. The molecule has 0 amide bonds. The molecule has 2 aliphatic rings. The first-order valence-electron chi connectivity index (χ1n) is 9.01. The number of likely N-dealkylation sites (tertiary alicyclic amines) is 2. The van der Waals surface area contributed by atoms with Crippen LogP contribution < -0.4 is 0 Å². The molecule has 0 spiro atoms. The van der Waals surface area contributed by atoms with Crippen molar-refractivity contribution in [3.05, 3.63) is 35.4 Å². The van der Waals surface area contributed by atoms with Gasteiger partial charge in [0.05, 0.1) is 0 Å². The molecule has 1 aromatic carbocycles. The predicted octanol–water partition coefficient (Wildman–Crippen LogP) is 4.43. The normalized spacial score (nSPS) is 25.7. The van der Waals surface area contributed by atoms with Crippen LogP contribution in [0.1, 0.15) is 69.5 Å². The lowest BCUT2D eigenvalue weighted by molar-refractivity contribution is 0.120. The van der Waals surface area contributed by atoms with Crippen molar-refractivity contribution in [3.8, 4) is 0 Å². The van der Waals surface area contributed by atoms with Gasteiger partial charge in [0.2, 0.25) is 0 Å². The van der Waals surface area contributed by atoms with Crippen molar-refractivity contribution < 1.29 is 0 Å². The van der Waals surface area contributed by atoms with Gasteiger partial charge < -0.3 is 4.90 Å². The summed E-state index contributed by atoms with van der Waals surface area (Å²) in [7, 11) is 2.25.